The zero-order valence-electron chi connectivity index (χ0n) is 9.74. The van der Waals surface area contributed by atoms with Gasteiger partial charge in [-0.3, -0.25) is 4.79 Å². The van der Waals surface area contributed by atoms with Crippen molar-refractivity contribution < 1.29 is 14.6 Å². The topological polar surface area (TPSA) is 46.5 Å². The molecule has 1 unspecified atom stereocenters. The van der Waals surface area contributed by atoms with Gasteiger partial charge in [-0.25, -0.2) is 0 Å². The molecular weight excluding hydrogens is 192 g/mol. The molecule has 0 spiro atoms. The number of carbonyl (C=O) groups is 1. The Labute approximate surface area is 91.8 Å². The average molecular weight is 214 g/mol. The fourth-order valence-electron chi connectivity index (χ4n) is 1.82. The number of carbonyl (C=O) groups excluding carboxylic acids is 1. The van der Waals surface area contributed by atoms with Gasteiger partial charge in [0.05, 0.1) is 18.6 Å². The summed E-state index contributed by atoms with van der Waals surface area (Å²) in [7, 11) is 0. The third-order valence-corrected chi connectivity index (χ3v) is 3.29. The lowest BCUT2D eigenvalue weighted by Gasteiger charge is -2.25. The van der Waals surface area contributed by atoms with Crippen LogP contribution in [0.5, 0.6) is 0 Å². The van der Waals surface area contributed by atoms with Gasteiger partial charge in [0.15, 0.2) is 0 Å². The highest BCUT2D eigenvalue weighted by Gasteiger charge is 2.21. The quantitative estimate of drug-likeness (QED) is 0.729. The Morgan fingerprint density at radius 2 is 2.00 bits per heavy atom. The SMILES string of the molecule is CCC(C)C(=O)OCC1CCC(O)CC1. The molecule has 88 valence electrons. The fraction of sp³-hybridized carbons (Fsp3) is 0.917. The molecule has 0 radical (unpaired) electrons. The molecule has 1 atom stereocenters. The summed E-state index contributed by atoms with van der Waals surface area (Å²) in [5.41, 5.74) is 0. The monoisotopic (exact) mass is 214 g/mol. The maximum Gasteiger partial charge on any atom is 0.308 e. The van der Waals surface area contributed by atoms with E-state index in [2.05, 4.69) is 0 Å². The van der Waals surface area contributed by atoms with Crippen molar-refractivity contribution in [2.45, 2.75) is 52.1 Å². The Kier molecular flexibility index (Phi) is 5.09. The second-order valence-corrected chi connectivity index (χ2v) is 4.61. The molecular formula is C12H22O3. The van der Waals surface area contributed by atoms with Gasteiger partial charge in [-0.1, -0.05) is 13.8 Å². The number of ether oxygens (including phenoxy) is 1. The van der Waals surface area contributed by atoms with Crippen molar-refractivity contribution >= 4 is 5.97 Å². The minimum atomic E-state index is -0.133. The highest BCUT2D eigenvalue weighted by molar-refractivity contribution is 5.71. The van der Waals surface area contributed by atoms with E-state index in [9.17, 15) is 9.90 Å². The van der Waals surface area contributed by atoms with Crippen LogP contribution in [0, 0.1) is 11.8 Å². The Hall–Kier alpha value is -0.570. The Balaban J connectivity index is 2.17. The first-order valence-corrected chi connectivity index (χ1v) is 5.98. The maximum absolute atomic E-state index is 11.4. The first-order valence-electron chi connectivity index (χ1n) is 5.98. The van der Waals surface area contributed by atoms with Crippen LogP contribution in [-0.2, 0) is 9.53 Å². The minimum absolute atomic E-state index is 0.0131. The van der Waals surface area contributed by atoms with Crippen LogP contribution in [0.3, 0.4) is 0 Å². The van der Waals surface area contributed by atoms with Crippen LogP contribution in [0.25, 0.3) is 0 Å². The van der Waals surface area contributed by atoms with Gasteiger partial charge in [-0.05, 0) is 38.0 Å². The van der Waals surface area contributed by atoms with Crippen molar-refractivity contribution in [3.05, 3.63) is 0 Å². The van der Waals surface area contributed by atoms with E-state index in [0.717, 1.165) is 32.1 Å². The highest BCUT2D eigenvalue weighted by atomic mass is 16.5. The van der Waals surface area contributed by atoms with Crippen LogP contribution >= 0.6 is 0 Å². The van der Waals surface area contributed by atoms with E-state index in [1.807, 2.05) is 13.8 Å². The summed E-state index contributed by atoms with van der Waals surface area (Å²) in [4.78, 5) is 11.4. The standard InChI is InChI=1S/C12H22O3/c1-3-9(2)12(14)15-8-10-4-6-11(13)7-5-10/h9-11,13H,3-8H2,1-2H3. The highest BCUT2D eigenvalue weighted by Crippen LogP contribution is 2.24. The van der Waals surface area contributed by atoms with E-state index in [-0.39, 0.29) is 18.0 Å². The summed E-state index contributed by atoms with van der Waals surface area (Å²) in [6, 6.07) is 0. The molecule has 0 aromatic rings. The van der Waals surface area contributed by atoms with Crippen LogP contribution < -0.4 is 0 Å². The second-order valence-electron chi connectivity index (χ2n) is 4.61. The van der Waals surface area contributed by atoms with E-state index in [0.29, 0.717) is 12.5 Å². The molecule has 0 aromatic heterocycles. The zero-order valence-corrected chi connectivity index (χ0v) is 9.74. The number of hydrogen-bond donors (Lipinski definition) is 1. The summed E-state index contributed by atoms with van der Waals surface area (Å²) in [5, 5.41) is 9.32. The van der Waals surface area contributed by atoms with Gasteiger partial charge < -0.3 is 9.84 Å². The van der Waals surface area contributed by atoms with E-state index in [1.165, 1.54) is 0 Å². The molecule has 0 saturated heterocycles. The van der Waals surface area contributed by atoms with Crippen molar-refractivity contribution in [3.8, 4) is 0 Å². The molecule has 1 aliphatic carbocycles. The van der Waals surface area contributed by atoms with Gasteiger partial charge in [0.25, 0.3) is 0 Å². The van der Waals surface area contributed by atoms with Gasteiger partial charge in [-0.2, -0.15) is 0 Å². The molecule has 0 aromatic carbocycles. The molecule has 1 saturated carbocycles. The zero-order chi connectivity index (χ0) is 11.3. The molecule has 0 bridgehead atoms. The fourth-order valence-corrected chi connectivity index (χ4v) is 1.82. The Morgan fingerprint density at radius 1 is 1.40 bits per heavy atom. The van der Waals surface area contributed by atoms with Gasteiger partial charge in [0, 0.05) is 0 Å². The van der Waals surface area contributed by atoms with E-state index in [4.69, 9.17) is 4.74 Å². The smallest absolute Gasteiger partial charge is 0.308 e. The van der Waals surface area contributed by atoms with Crippen molar-refractivity contribution in [2.24, 2.45) is 11.8 Å². The van der Waals surface area contributed by atoms with Crippen molar-refractivity contribution in [3.63, 3.8) is 0 Å². The van der Waals surface area contributed by atoms with Crippen LogP contribution in [0.1, 0.15) is 46.0 Å². The molecule has 3 nitrogen and oxygen atoms in total. The number of esters is 1. The summed E-state index contributed by atoms with van der Waals surface area (Å²) in [5.74, 6) is 0.393. The molecule has 3 heteroatoms. The number of aliphatic hydroxyl groups excluding tert-OH is 1. The molecule has 15 heavy (non-hydrogen) atoms. The van der Waals surface area contributed by atoms with Crippen molar-refractivity contribution in [1.29, 1.82) is 0 Å². The molecule has 1 rings (SSSR count). The summed E-state index contributed by atoms with van der Waals surface area (Å²) in [6.07, 6.45) is 4.37. The number of aliphatic hydroxyl groups is 1. The largest absolute Gasteiger partial charge is 0.465 e. The third-order valence-electron chi connectivity index (χ3n) is 3.29. The predicted octanol–water partition coefficient (Wildman–Crippen LogP) is 2.13. The summed E-state index contributed by atoms with van der Waals surface area (Å²) in [6.45, 7) is 4.42. The average Bonchev–Trinajstić information content (AvgIpc) is 2.26. The number of hydrogen-bond acceptors (Lipinski definition) is 3. The van der Waals surface area contributed by atoms with Gasteiger partial charge in [-0.15, -0.1) is 0 Å². The first kappa shape index (κ1) is 12.5. The summed E-state index contributed by atoms with van der Waals surface area (Å²) < 4.78 is 5.25. The van der Waals surface area contributed by atoms with Gasteiger partial charge in [0.1, 0.15) is 0 Å². The lowest BCUT2D eigenvalue weighted by molar-refractivity contribution is -0.149. The normalized spacial score (nSPS) is 28.5. The first-order chi connectivity index (χ1) is 7.13. The van der Waals surface area contributed by atoms with Crippen LogP contribution in [0.2, 0.25) is 0 Å². The second kappa shape index (κ2) is 6.11. The number of rotatable bonds is 4. The molecule has 0 aliphatic heterocycles. The van der Waals surface area contributed by atoms with Crippen LogP contribution in [0.4, 0.5) is 0 Å². The summed E-state index contributed by atoms with van der Waals surface area (Å²) >= 11 is 0. The predicted molar refractivity (Wildman–Crippen MR) is 58.4 cm³/mol. The van der Waals surface area contributed by atoms with Crippen LogP contribution in [0.15, 0.2) is 0 Å². The van der Waals surface area contributed by atoms with Crippen molar-refractivity contribution in [2.75, 3.05) is 6.61 Å². The molecule has 1 aliphatic rings. The van der Waals surface area contributed by atoms with Crippen LogP contribution in [-0.4, -0.2) is 23.8 Å². The molecule has 0 heterocycles. The lowest BCUT2D eigenvalue weighted by atomic mass is 9.88. The maximum atomic E-state index is 11.4. The van der Waals surface area contributed by atoms with Crippen molar-refractivity contribution in [1.82, 2.24) is 0 Å². The molecule has 1 fully saturated rings. The molecule has 0 amide bonds. The Bertz CT molecular complexity index is 195. The van der Waals surface area contributed by atoms with E-state index in [1.54, 1.807) is 0 Å². The van der Waals surface area contributed by atoms with Gasteiger partial charge in [0.2, 0.25) is 0 Å². The van der Waals surface area contributed by atoms with Gasteiger partial charge >= 0.3 is 5.97 Å². The van der Waals surface area contributed by atoms with E-state index < -0.39 is 0 Å². The van der Waals surface area contributed by atoms with E-state index >= 15 is 0 Å². The third kappa shape index (κ3) is 4.20. The lowest BCUT2D eigenvalue weighted by Crippen LogP contribution is -2.24. The Morgan fingerprint density at radius 3 is 2.53 bits per heavy atom. The molecule has 1 N–H and O–H groups in total. The minimum Gasteiger partial charge on any atom is -0.465 e.